The van der Waals surface area contributed by atoms with Gasteiger partial charge in [0.2, 0.25) is 0 Å². The van der Waals surface area contributed by atoms with Gasteiger partial charge in [0.15, 0.2) is 0 Å². The number of aromatic hydroxyl groups is 1. The summed E-state index contributed by atoms with van der Waals surface area (Å²) in [6, 6.07) is 5.99. The van der Waals surface area contributed by atoms with Crippen molar-refractivity contribution in [2.24, 2.45) is 0 Å². The van der Waals surface area contributed by atoms with Crippen LogP contribution in [0.25, 0.3) is 0 Å². The number of hydrogen-bond acceptors (Lipinski definition) is 3. The van der Waals surface area contributed by atoms with Crippen LogP contribution in [0, 0.1) is 0 Å². The Balaban J connectivity index is 1.67. The molecule has 3 heteroatoms. The molecular formula is C30H50O3. The molecule has 0 bridgehead atoms. The molecule has 0 amide bonds. The third kappa shape index (κ3) is 7.46. The lowest BCUT2D eigenvalue weighted by molar-refractivity contribution is -0.114. The highest BCUT2D eigenvalue weighted by Crippen LogP contribution is 2.39. The highest BCUT2D eigenvalue weighted by molar-refractivity contribution is 5.40. The summed E-state index contributed by atoms with van der Waals surface area (Å²) in [7, 11) is 0. The average Bonchev–Trinajstić information content (AvgIpc) is 2.77. The van der Waals surface area contributed by atoms with Gasteiger partial charge in [0.05, 0.1) is 23.4 Å². The SMILES string of the molecule is CCCC1(OC(C)Cc2cccc(O)c2CC(C)OC2(CCC)CCCCC2)CCCCC1. The molecule has 188 valence electrons. The lowest BCUT2D eigenvalue weighted by atomic mass is 9.81. The molecule has 2 saturated carbocycles. The number of phenols is 1. The quantitative estimate of drug-likeness (QED) is 0.342. The van der Waals surface area contributed by atoms with Gasteiger partial charge in [0, 0.05) is 6.42 Å². The zero-order valence-electron chi connectivity index (χ0n) is 22.0. The van der Waals surface area contributed by atoms with Crippen LogP contribution in [0.2, 0.25) is 0 Å². The minimum atomic E-state index is 0.0426. The van der Waals surface area contributed by atoms with Crippen molar-refractivity contribution in [3.63, 3.8) is 0 Å². The van der Waals surface area contributed by atoms with Crippen LogP contribution in [0.1, 0.15) is 129 Å². The molecule has 2 atom stereocenters. The summed E-state index contributed by atoms with van der Waals surface area (Å²) in [5.41, 5.74) is 2.37. The van der Waals surface area contributed by atoms with E-state index in [1.807, 2.05) is 12.1 Å². The highest BCUT2D eigenvalue weighted by atomic mass is 16.5. The molecule has 0 saturated heterocycles. The Bertz CT molecular complexity index is 689. The summed E-state index contributed by atoms with van der Waals surface area (Å²) in [6.45, 7) is 8.96. The molecule has 2 aliphatic carbocycles. The minimum absolute atomic E-state index is 0.0426. The van der Waals surface area contributed by atoms with Crippen LogP contribution in [0.3, 0.4) is 0 Å². The topological polar surface area (TPSA) is 38.7 Å². The predicted molar refractivity (Wildman–Crippen MR) is 138 cm³/mol. The van der Waals surface area contributed by atoms with Crippen molar-refractivity contribution < 1.29 is 14.6 Å². The van der Waals surface area contributed by atoms with Gasteiger partial charge in [-0.3, -0.25) is 0 Å². The van der Waals surface area contributed by atoms with Crippen LogP contribution in [-0.2, 0) is 22.3 Å². The van der Waals surface area contributed by atoms with Gasteiger partial charge in [0.1, 0.15) is 5.75 Å². The molecule has 1 aromatic carbocycles. The van der Waals surface area contributed by atoms with Crippen molar-refractivity contribution in [2.75, 3.05) is 0 Å². The Kier molecular flexibility index (Phi) is 10.1. The first-order chi connectivity index (χ1) is 15.9. The molecule has 0 aromatic heterocycles. The zero-order valence-corrected chi connectivity index (χ0v) is 22.0. The average molecular weight is 459 g/mol. The van der Waals surface area contributed by atoms with Gasteiger partial charge < -0.3 is 14.6 Å². The second-order valence-electron chi connectivity index (χ2n) is 11.2. The van der Waals surface area contributed by atoms with Crippen molar-refractivity contribution >= 4 is 0 Å². The lowest BCUT2D eigenvalue weighted by Crippen LogP contribution is -2.39. The van der Waals surface area contributed by atoms with Crippen LogP contribution < -0.4 is 0 Å². The smallest absolute Gasteiger partial charge is 0.119 e. The molecular weight excluding hydrogens is 408 g/mol. The summed E-state index contributed by atoms with van der Waals surface area (Å²) in [5.74, 6) is 0.407. The molecule has 2 fully saturated rings. The molecule has 1 aromatic rings. The fourth-order valence-electron chi connectivity index (χ4n) is 6.74. The van der Waals surface area contributed by atoms with Crippen molar-refractivity contribution in [1.82, 2.24) is 0 Å². The summed E-state index contributed by atoms with van der Waals surface area (Å²) < 4.78 is 13.5. The zero-order chi connectivity index (χ0) is 23.7. The highest BCUT2D eigenvalue weighted by Gasteiger charge is 2.35. The van der Waals surface area contributed by atoms with E-state index >= 15 is 0 Å². The van der Waals surface area contributed by atoms with E-state index in [1.165, 1.54) is 82.6 Å². The second-order valence-corrected chi connectivity index (χ2v) is 11.2. The third-order valence-electron chi connectivity index (χ3n) is 8.09. The molecule has 2 unspecified atom stereocenters. The number of benzene rings is 1. The Morgan fingerprint density at radius 1 is 0.758 bits per heavy atom. The van der Waals surface area contributed by atoms with Gasteiger partial charge in [-0.1, -0.05) is 77.3 Å². The van der Waals surface area contributed by atoms with Crippen LogP contribution >= 0.6 is 0 Å². The van der Waals surface area contributed by atoms with Crippen LogP contribution in [0.4, 0.5) is 0 Å². The first-order valence-corrected chi connectivity index (χ1v) is 14.1. The van der Waals surface area contributed by atoms with Crippen molar-refractivity contribution in [1.29, 1.82) is 0 Å². The summed E-state index contributed by atoms with van der Waals surface area (Å²) in [6.07, 6.45) is 19.1. The van der Waals surface area contributed by atoms with E-state index in [9.17, 15) is 5.11 Å². The van der Waals surface area contributed by atoms with Crippen molar-refractivity contribution in [3.8, 4) is 5.75 Å². The van der Waals surface area contributed by atoms with Crippen LogP contribution in [0.15, 0.2) is 18.2 Å². The second kappa shape index (κ2) is 12.6. The fraction of sp³-hybridized carbons (Fsp3) is 0.800. The van der Waals surface area contributed by atoms with Crippen molar-refractivity contribution in [3.05, 3.63) is 29.3 Å². The Labute approximate surface area is 203 Å². The largest absolute Gasteiger partial charge is 0.508 e. The van der Waals surface area contributed by atoms with Gasteiger partial charge in [0.25, 0.3) is 0 Å². The van der Waals surface area contributed by atoms with Gasteiger partial charge in [-0.15, -0.1) is 0 Å². The maximum atomic E-state index is 10.8. The number of hydrogen-bond donors (Lipinski definition) is 1. The first-order valence-electron chi connectivity index (χ1n) is 14.1. The molecule has 3 nitrogen and oxygen atoms in total. The first kappa shape index (κ1) is 26.5. The minimum Gasteiger partial charge on any atom is -0.508 e. The van der Waals surface area contributed by atoms with Crippen LogP contribution in [-0.4, -0.2) is 28.5 Å². The molecule has 33 heavy (non-hydrogen) atoms. The fourth-order valence-corrected chi connectivity index (χ4v) is 6.74. The van der Waals surface area contributed by atoms with Gasteiger partial charge in [-0.05, 0) is 76.0 Å². The number of phenolic OH excluding ortho intramolecular Hbond substituents is 1. The molecule has 2 aliphatic rings. The Morgan fingerprint density at radius 2 is 1.24 bits per heavy atom. The van der Waals surface area contributed by atoms with Crippen molar-refractivity contribution in [2.45, 2.75) is 154 Å². The van der Waals surface area contributed by atoms with Gasteiger partial charge >= 0.3 is 0 Å². The molecule has 3 rings (SSSR count). The van der Waals surface area contributed by atoms with E-state index in [-0.39, 0.29) is 23.4 Å². The van der Waals surface area contributed by atoms with E-state index in [2.05, 4.69) is 33.8 Å². The predicted octanol–water partition coefficient (Wildman–Crippen LogP) is 8.29. The molecule has 0 heterocycles. The maximum absolute atomic E-state index is 10.8. The Hall–Kier alpha value is -1.06. The Morgan fingerprint density at radius 3 is 1.73 bits per heavy atom. The number of rotatable bonds is 12. The summed E-state index contributed by atoms with van der Waals surface area (Å²) >= 11 is 0. The van der Waals surface area contributed by atoms with E-state index in [4.69, 9.17) is 9.47 Å². The molecule has 0 spiro atoms. The summed E-state index contributed by atoms with van der Waals surface area (Å²) in [4.78, 5) is 0. The molecule has 1 N–H and O–H groups in total. The third-order valence-corrected chi connectivity index (χ3v) is 8.09. The lowest BCUT2D eigenvalue weighted by Gasteiger charge is -2.40. The normalized spacial score (nSPS) is 22.1. The molecule has 0 aliphatic heterocycles. The van der Waals surface area contributed by atoms with E-state index < -0.39 is 0 Å². The number of ether oxygens (including phenoxy) is 2. The van der Waals surface area contributed by atoms with Crippen LogP contribution in [0.5, 0.6) is 5.75 Å². The summed E-state index contributed by atoms with van der Waals surface area (Å²) in [5, 5.41) is 10.8. The van der Waals surface area contributed by atoms with Gasteiger partial charge in [-0.25, -0.2) is 0 Å². The standard InChI is InChI=1S/C30H50O3/c1-5-16-29(18-9-7-10-19-29)32-24(3)22-26-14-13-15-28(31)27(26)23-25(4)33-30(17-6-2)20-11-8-12-21-30/h13-15,24-25,31H,5-12,16-23H2,1-4H3. The maximum Gasteiger partial charge on any atom is 0.119 e. The van der Waals surface area contributed by atoms with Gasteiger partial charge in [-0.2, -0.15) is 0 Å². The van der Waals surface area contributed by atoms with E-state index in [0.717, 1.165) is 31.2 Å². The molecule has 0 radical (unpaired) electrons. The monoisotopic (exact) mass is 458 g/mol. The van der Waals surface area contributed by atoms with E-state index in [1.54, 1.807) is 0 Å². The van der Waals surface area contributed by atoms with E-state index in [0.29, 0.717) is 5.75 Å².